The van der Waals surface area contributed by atoms with Gasteiger partial charge < -0.3 is 10.1 Å². The van der Waals surface area contributed by atoms with Gasteiger partial charge in [-0.3, -0.25) is 4.79 Å². The van der Waals surface area contributed by atoms with Crippen molar-refractivity contribution in [3.63, 3.8) is 0 Å². The largest absolute Gasteiger partial charge is 0.467 e. The average molecular weight is 313 g/mol. The maximum absolute atomic E-state index is 12.6. The first-order valence-corrected chi connectivity index (χ1v) is 6.24. The molecular weight excluding hydrogens is 299 g/mol. The van der Waals surface area contributed by atoms with E-state index < -0.39 is 29.7 Å². The van der Waals surface area contributed by atoms with Crippen molar-refractivity contribution < 1.29 is 27.5 Å². The summed E-state index contributed by atoms with van der Waals surface area (Å²) in [5.74, 6) is 0.884. The quantitative estimate of drug-likeness (QED) is 0.667. The van der Waals surface area contributed by atoms with Crippen LogP contribution in [0.2, 0.25) is 0 Å². The zero-order valence-corrected chi connectivity index (χ0v) is 11.7. The van der Waals surface area contributed by atoms with E-state index in [1.165, 1.54) is 12.1 Å². The Kier molecular flexibility index (Phi) is 5.99. The highest BCUT2D eigenvalue weighted by molar-refractivity contribution is 5.85. The number of benzene rings is 1. The number of alkyl halides is 3. The number of carbonyl (C=O) groups excluding carboxylic acids is 2. The van der Waals surface area contributed by atoms with E-state index in [-0.39, 0.29) is 18.4 Å². The molecule has 7 heteroatoms. The lowest BCUT2D eigenvalue weighted by Gasteiger charge is -2.14. The van der Waals surface area contributed by atoms with Crippen molar-refractivity contribution in [1.29, 1.82) is 0 Å². The maximum atomic E-state index is 12.6. The van der Waals surface area contributed by atoms with E-state index >= 15 is 0 Å². The normalized spacial score (nSPS) is 12.1. The highest BCUT2D eigenvalue weighted by atomic mass is 19.4. The molecule has 0 aliphatic heterocycles. The van der Waals surface area contributed by atoms with Gasteiger partial charge in [-0.15, -0.1) is 12.3 Å². The van der Waals surface area contributed by atoms with Crippen LogP contribution in [0.4, 0.5) is 13.2 Å². The van der Waals surface area contributed by atoms with Gasteiger partial charge in [0.2, 0.25) is 5.91 Å². The minimum absolute atomic E-state index is 0.0684. The molecule has 1 aromatic rings. The van der Waals surface area contributed by atoms with E-state index in [1.54, 1.807) is 0 Å². The average Bonchev–Trinajstić information content (AvgIpc) is 2.45. The zero-order chi connectivity index (χ0) is 16.8. The van der Waals surface area contributed by atoms with Crippen LogP contribution in [0.25, 0.3) is 0 Å². The molecule has 0 saturated heterocycles. The van der Waals surface area contributed by atoms with Gasteiger partial charge in [0, 0.05) is 6.42 Å². The van der Waals surface area contributed by atoms with Gasteiger partial charge in [0.05, 0.1) is 19.1 Å². The topological polar surface area (TPSA) is 55.4 Å². The molecule has 1 amide bonds. The maximum Gasteiger partial charge on any atom is 0.416 e. The van der Waals surface area contributed by atoms with Gasteiger partial charge in [-0.05, 0) is 11.6 Å². The van der Waals surface area contributed by atoms with Crippen LogP contribution in [-0.2, 0) is 26.9 Å². The Morgan fingerprint density at radius 1 is 1.41 bits per heavy atom. The zero-order valence-electron chi connectivity index (χ0n) is 11.7. The minimum atomic E-state index is -4.48. The summed E-state index contributed by atoms with van der Waals surface area (Å²) >= 11 is 0. The summed E-state index contributed by atoms with van der Waals surface area (Å²) in [4.78, 5) is 23.2. The van der Waals surface area contributed by atoms with Crippen LogP contribution >= 0.6 is 0 Å². The summed E-state index contributed by atoms with van der Waals surface area (Å²) in [6, 6.07) is 3.38. The SMILES string of the molecule is C#CC[C@@H](NC(=O)Cc1cccc(C(F)(F)F)c1)C(=O)OC. The first-order valence-electron chi connectivity index (χ1n) is 6.24. The van der Waals surface area contributed by atoms with E-state index in [4.69, 9.17) is 6.42 Å². The summed E-state index contributed by atoms with van der Waals surface area (Å²) in [5.41, 5.74) is -0.664. The summed E-state index contributed by atoms with van der Waals surface area (Å²) in [6.07, 6.45) is 0.230. The van der Waals surface area contributed by atoms with E-state index in [9.17, 15) is 22.8 Å². The number of ether oxygens (including phenoxy) is 1. The number of carbonyl (C=O) groups is 2. The number of hydrogen-bond donors (Lipinski definition) is 1. The van der Waals surface area contributed by atoms with Crippen LogP contribution in [0.1, 0.15) is 17.5 Å². The molecule has 0 aliphatic rings. The Hall–Kier alpha value is -2.49. The van der Waals surface area contributed by atoms with E-state index in [2.05, 4.69) is 16.0 Å². The van der Waals surface area contributed by atoms with Crippen LogP contribution in [-0.4, -0.2) is 25.0 Å². The van der Waals surface area contributed by atoms with Gasteiger partial charge in [0.15, 0.2) is 0 Å². The highest BCUT2D eigenvalue weighted by Crippen LogP contribution is 2.29. The van der Waals surface area contributed by atoms with Crippen molar-refractivity contribution in [1.82, 2.24) is 5.32 Å². The van der Waals surface area contributed by atoms with Crippen LogP contribution in [0.3, 0.4) is 0 Å². The summed E-state index contributed by atoms with van der Waals surface area (Å²) < 4.78 is 42.2. The first-order chi connectivity index (χ1) is 10.3. The Morgan fingerprint density at radius 2 is 2.09 bits per heavy atom. The molecule has 0 fully saturated rings. The van der Waals surface area contributed by atoms with Crippen LogP contribution in [0.15, 0.2) is 24.3 Å². The van der Waals surface area contributed by atoms with Gasteiger partial charge in [0.1, 0.15) is 6.04 Å². The van der Waals surface area contributed by atoms with Crippen molar-refractivity contribution >= 4 is 11.9 Å². The molecule has 1 rings (SSSR count). The van der Waals surface area contributed by atoms with Crippen molar-refractivity contribution in [3.05, 3.63) is 35.4 Å². The Bertz CT molecular complexity index is 590. The second-order valence-corrected chi connectivity index (χ2v) is 4.43. The van der Waals surface area contributed by atoms with Crippen molar-refractivity contribution in [2.45, 2.75) is 25.1 Å². The standard InChI is InChI=1S/C15H14F3NO3/c1-3-5-12(14(21)22-2)19-13(20)9-10-6-4-7-11(8-10)15(16,17)18/h1,4,6-8,12H,5,9H2,2H3,(H,19,20)/t12-/m1/s1. The molecule has 118 valence electrons. The number of nitrogens with one attached hydrogen (secondary N) is 1. The van der Waals surface area contributed by atoms with E-state index in [1.807, 2.05) is 0 Å². The summed E-state index contributed by atoms with van der Waals surface area (Å²) in [7, 11) is 1.14. The second kappa shape index (κ2) is 7.50. The molecule has 0 bridgehead atoms. The summed E-state index contributed by atoms with van der Waals surface area (Å²) in [6.45, 7) is 0. The molecule has 0 aromatic heterocycles. The minimum Gasteiger partial charge on any atom is -0.467 e. The lowest BCUT2D eigenvalue weighted by atomic mass is 10.1. The van der Waals surface area contributed by atoms with Crippen molar-refractivity contribution in [2.75, 3.05) is 7.11 Å². The fourth-order valence-corrected chi connectivity index (χ4v) is 1.74. The number of esters is 1. The molecule has 0 saturated carbocycles. The molecule has 1 aromatic carbocycles. The van der Waals surface area contributed by atoms with E-state index in [0.717, 1.165) is 19.2 Å². The lowest BCUT2D eigenvalue weighted by Crippen LogP contribution is -2.42. The number of methoxy groups -OCH3 is 1. The van der Waals surface area contributed by atoms with Crippen molar-refractivity contribution in [2.24, 2.45) is 0 Å². The van der Waals surface area contributed by atoms with Crippen molar-refractivity contribution in [3.8, 4) is 12.3 Å². The third-order valence-corrected chi connectivity index (χ3v) is 2.76. The first kappa shape index (κ1) is 17.6. The molecule has 1 N–H and O–H groups in total. The fraction of sp³-hybridized carbons (Fsp3) is 0.333. The monoisotopic (exact) mass is 313 g/mol. The van der Waals surface area contributed by atoms with Crippen LogP contribution in [0.5, 0.6) is 0 Å². The Morgan fingerprint density at radius 3 is 2.64 bits per heavy atom. The number of hydrogen-bond acceptors (Lipinski definition) is 3. The van der Waals surface area contributed by atoms with Gasteiger partial charge in [0.25, 0.3) is 0 Å². The summed E-state index contributed by atoms with van der Waals surface area (Å²) in [5, 5.41) is 2.34. The highest BCUT2D eigenvalue weighted by Gasteiger charge is 2.30. The van der Waals surface area contributed by atoms with Gasteiger partial charge in [-0.2, -0.15) is 13.2 Å². The number of rotatable bonds is 5. The Labute approximate surface area is 125 Å². The fourth-order valence-electron chi connectivity index (χ4n) is 1.74. The van der Waals surface area contributed by atoms with E-state index in [0.29, 0.717) is 0 Å². The predicted molar refractivity (Wildman–Crippen MR) is 72.5 cm³/mol. The molecule has 0 radical (unpaired) electrons. The van der Waals surface area contributed by atoms with Gasteiger partial charge in [-0.1, -0.05) is 18.2 Å². The third-order valence-electron chi connectivity index (χ3n) is 2.76. The van der Waals surface area contributed by atoms with Gasteiger partial charge >= 0.3 is 12.1 Å². The third kappa shape index (κ3) is 5.13. The lowest BCUT2D eigenvalue weighted by molar-refractivity contribution is -0.144. The molecule has 1 atom stereocenters. The van der Waals surface area contributed by atoms with Crippen LogP contribution in [0, 0.1) is 12.3 Å². The molecule has 22 heavy (non-hydrogen) atoms. The predicted octanol–water partition coefficient (Wildman–Crippen LogP) is 1.93. The second-order valence-electron chi connectivity index (χ2n) is 4.43. The molecule has 0 heterocycles. The molecule has 0 aliphatic carbocycles. The van der Waals surface area contributed by atoms with Crippen LogP contribution < -0.4 is 5.32 Å². The number of amides is 1. The molecular formula is C15H14F3NO3. The van der Waals surface area contributed by atoms with Gasteiger partial charge in [-0.25, -0.2) is 4.79 Å². The number of terminal acetylenes is 1. The smallest absolute Gasteiger partial charge is 0.416 e. The Balaban J connectivity index is 2.76. The molecule has 0 unspecified atom stereocenters. The number of halogens is 3. The molecule has 0 spiro atoms. The molecule has 4 nitrogen and oxygen atoms in total.